The molecule has 1 aliphatic heterocycles. The van der Waals surface area contributed by atoms with Gasteiger partial charge in [-0.3, -0.25) is 0 Å². The summed E-state index contributed by atoms with van der Waals surface area (Å²) >= 11 is 0. The first-order valence-corrected chi connectivity index (χ1v) is 5.23. The number of hydrogen-bond donors (Lipinski definition) is 0. The van der Waals surface area contributed by atoms with Crippen LogP contribution in [0.1, 0.15) is 26.2 Å². The number of piperidine rings is 1. The Hall–Kier alpha value is -0.730. The van der Waals surface area contributed by atoms with Gasteiger partial charge >= 0.3 is 6.09 Å². The monoisotopic (exact) mass is 183 g/mol. The molecule has 0 bridgehead atoms. The van der Waals surface area contributed by atoms with Gasteiger partial charge in [0.2, 0.25) is 0 Å². The molecule has 0 radical (unpaired) electrons. The first-order chi connectivity index (χ1) is 6.31. The molecule has 1 saturated carbocycles. The summed E-state index contributed by atoms with van der Waals surface area (Å²) < 4.78 is 5.12. The first kappa shape index (κ1) is 8.85. The molecule has 2 rings (SSSR count). The second-order valence-electron chi connectivity index (χ2n) is 4.13. The van der Waals surface area contributed by atoms with E-state index in [0.717, 1.165) is 37.8 Å². The van der Waals surface area contributed by atoms with E-state index >= 15 is 0 Å². The van der Waals surface area contributed by atoms with Crippen molar-refractivity contribution in [3.8, 4) is 0 Å². The fourth-order valence-corrected chi connectivity index (χ4v) is 1.94. The van der Waals surface area contributed by atoms with E-state index in [2.05, 4.69) is 6.92 Å². The topological polar surface area (TPSA) is 29.5 Å². The van der Waals surface area contributed by atoms with Crippen LogP contribution in [0.5, 0.6) is 0 Å². The number of rotatable bonds is 3. The van der Waals surface area contributed by atoms with Gasteiger partial charge in [-0.15, -0.1) is 0 Å². The maximum atomic E-state index is 11.4. The molecule has 1 heterocycles. The molecule has 3 heteroatoms. The minimum atomic E-state index is -0.0966. The number of fused-ring (bicyclic) bond motifs is 1. The van der Waals surface area contributed by atoms with Crippen molar-refractivity contribution in [1.29, 1.82) is 0 Å². The second kappa shape index (κ2) is 3.56. The normalized spacial score (nSPS) is 30.1. The number of unbranched alkanes of at least 4 members (excludes halogenated alkanes) is 1. The largest absolute Gasteiger partial charge is 0.449 e. The van der Waals surface area contributed by atoms with Crippen molar-refractivity contribution >= 4 is 6.09 Å². The fourth-order valence-electron chi connectivity index (χ4n) is 1.94. The molecule has 13 heavy (non-hydrogen) atoms. The highest BCUT2D eigenvalue weighted by Crippen LogP contribution is 2.44. The van der Waals surface area contributed by atoms with Crippen LogP contribution in [0.15, 0.2) is 0 Å². The zero-order valence-corrected chi connectivity index (χ0v) is 8.16. The Morgan fingerprint density at radius 2 is 2.15 bits per heavy atom. The van der Waals surface area contributed by atoms with Crippen molar-refractivity contribution in [2.24, 2.45) is 11.8 Å². The smallest absolute Gasteiger partial charge is 0.409 e. The van der Waals surface area contributed by atoms with Crippen molar-refractivity contribution in [2.45, 2.75) is 26.2 Å². The molecule has 0 aromatic carbocycles. The lowest BCUT2D eigenvalue weighted by atomic mass is 10.4. The maximum Gasteiger partial charge on any atom is 0.409 e. The van der Waals surface area contributed by atoms with Crippen LogP contribution in [0, 0.1) is 11.8 Å². The lowest BCUT2D eigenvalue weighted by Gasteiger charge is -2.17. The summed E-state index contributed by atoms with van der Waals surface area (Å²) in [6, 6.07) is 0. The van der Waals surface area contributed by atoms with Crippen LogP contribution in [0.2, 0.25) is 0 Å². The van der Waals surface area contributed by atoms with E-state index in [1.54, 1.807) is 0 Å². The van der Waals surface area contributed by atoms with Crippen LogP contribution >= 0.6 is 0 Å². The summed E-state index contributed by atoms with van der Waals surface area (Å²) in [4.78, 5) is 13.2. The minimum absolute atomic E-state index is 0.0966. The molecule has 2 atom stereocenters. The Morgan fingerprint density at radius 3 is 2.77 bits per heavy atom. The first-order valence-electron chi connectivity index (χ1n) is 5.23. The third-order valence-electron chi connectivity index (χ3n) is 2.96. The van der Waals surface area contributed by atoms with Crippen LogP contribution in [0.4, 0.5) is 4.79 Å². The molecule has 1 amide bonds. The number of nitrogens with zero attached hydrogens (tertiary/aromatic N) is 1. The Morgan fingerprint density at radius 1 is 1.46 bits per heavy atom. The molecule has 0 aromatic heterocycles. The molecule has 74 valence electrons. The van der Waals surface area contributed by atoms with Gasteiger partial charge in [-0.2, -0.15) is 0 Å². The molecule has 1 aliphatic carbocycles. The zero-order valence-electron chi connectivity index (χ0n) is 8.16. The Balaban J connectivity index is 1.66. The molecule has 0 unspecified atom stereocenters. The summed E-state index contributed by atoms with van der Waals surface area (Å²) in [5.74, 6) is 1.61. The van der Waals surface area contributed by atoms with E-state index < -0.39 is 0 Å². The van der Waals surface area contributed by atoms with Crippen molar-refractivity contribution in [3.05, 3.63) is 0 Å². The van der Waals surface area contributed by atoms with Gasteiger partial charge in [0.15, 0.2) is 0 Å². The average Bonchev–Trinajstić information content (AvgIpc) is 2.74. The van der Waals surface area contributed by atoms with E-state index in [1.807, 2.05) is 4.90 Å². The van der Waals surface area contributed by atoms with Gasteiger partial charge in [0.25, 0.3) is 0 Å². The highest BCUT2D eigenvalue weighted by molar-refractivity contribution is 5.68. The van der Waals surface area contributed by atoms with Gasteiger partial charge in [-0.1, -0.05) is 13.3 Å². The fraction of sp³-hybridized carbons (Fsp3) is 0.900. The number of hydrogen-bond acceptors (Lipinski definition) is 2. The summed E-state index contributed by atoms with van der Waals surface area (Å²) in [5, 5.41) is 0. The van der Waals surface area contributed by atoms with E-state index in [1.165, 1.54) is 6.42 Å². The van der Waals surface area contributed by atoms with Gasteiger partial charge in [-0.05, 0) is 24.7 Å². The Labute approximate surface area is 79.0 Å². The third kappa shape index (κ3) is 1.95. The van der Waals surface area contributed by atoms with E-state index in [-0.39, 0.29) is 6.09 Å². The van der Waals surface area contributed by atoms with Crippen LogP contribution in [-0.2, 0) is 4.74 Å². The molecule has 0 aromatic rings. The quantitative estimate of drug-likeness (QED) is 0.625. The van der Waals surface area contributed by atoms with Crippen LogP contribution < -0.4 is 0 Å². The summed E-state index contributed by atoms with van der Waals surface area (Å²) in [6.07, 6.45) is 3.30. The van der Waals surface area contributed by atoms with Gasteiger partial charge in [-0.25, -0.2) is 4.79 Å². The highest BCUT2D eigenvalue weighted by Gasteiger charge is 2.46. The lowest BCUT2D eigenvalue weighted by molar-refractivity contribution is 0.105. The molecule has 2 aliphatic rings. The summed E-state index contributed by atoms with van der Waals surface area (Å²) in [7, 11) is 0. The molecule has 1 saturated heterocycles. The highest BCUT2D eigenvalue weighted by atomic mass is 16.6. The number of carbonyl (C=O) groups is 1. The van der Waals surface area contributed by atoms with E-state index in [9.17, 15) is 4.79 Å². The summed E-state index contributed by atoms with van der Waals surface area (Å²) in [6.45, 7) is 4.56. The maximum absolute atomic E-state index is 11.4. The van der Waals surface area contributed by atoms with Crippen LogP contribution in [-0.4, -0.2) is 30.7 Å². The van der Waals surface area contributed by atoms with E-state index in [4.69, 9.17) is 4.74 Å². The molecule has 3 nitrogen and oxygen atoms in total. The van der Waals surface area contributed by atoms with Gasteiger partial charge in [0.1, 0.15) is 0 Å². The third-order valence-corrected chi connectivity index (χ3v) is 2.96. The number of ether oxygens (including phenoxy) is 1. The van der Waals surface area contributed by atoms with Gasteiger partial charge < -0.3 is 9.64 Å². The Bertz CT molecular complexity index is 195. The minimum Gasteiger partial charge on any atom is -0.449 e. The van der Waals surface area contributed by atoms with Gasteiger partial charge in [0, 0.05) is 13.1 Å². The lowest BCUT2D eigenvalue weighted by Crippen LogP contribution is -2.31. The van der Waals surface area contributed by atoms with Crippen LogP contribution in [0.3, 0.4) is 0 Å². The molecular formula is C10H17NO2. The van der Waals surface area contributed by atoms with Gasteiger partial charge in [0.05, 0.1) is 6.61 Å². The second-order valence-corrected chi connectivity index (χ2v) is 4.13. The summed E-state index contributed by atoms with van der Waals surface area (Å²) in [5.41, 5.74) is 0. The Kier molecular flexibility index (Phi) is 2.42. The molecule has 2 fully saturated rings. The van der Waals surface area contributed by atoms with Crippen LogP contribution in [0.25, 0.3) is 0 Å². The average molecular weight is 183 g/mol. The van der Waals surface area contributed by atoms with Crippen molar-refractivity contribution < 1.29 is 9.53 Å². The predicted molar refractivity (Wildman–Crippen MR) is 49.4 cm³/mol. The number of likely N-dealkylation sites (tertiary alicyclic amines) is 1. The van der Waals surface area contributed by atoms with Crippen molar-refractivity contribution in [2.75, 3.05) is 19.7 Å². The molecular weight excluding hydrogens is 166 g/mol. The van der Waals surface area contributed by atoms with Crippen molar-refractivity contribution in [1.82, 2.24) is 4.90 Å². The SMILES string of the molecule is CCCCOC(=O)N1C[C@H]2C[C@H]2C1. The standard InChI is InChI=1S/C10H17NO2/c1-2-3-4-13-10(12)11-6-8-5-9(8)7-11/h8-9H,2-7H2,1H3/t8-,9+. The predicted octanol–water partition coefficient (Wildman–Crippen LogP) is 1.87. The molecule has 0 N–H and O–H groups in total. The number of amides is 1. The van der Waals surface area contributed by atoms with Crippen molar-refractivity contribution in [3.63, 3.8) is 0 Å². The number of carbonyl (C=O) groups excluding carboxylic acids is 1. The molecule has 0 spiro atoms. The van der Waals surface area contributed by atoms with E-state index in [0.29, 0.717) is 6.61 Å². The zero-order chi connectivity index (χ0) is 9.26.